The predicted octanol–water partition coefficient (Wildman–Crippen LogP) is 4.57. The Labute approximate surface area is 151 Å². The maximum absolute atomic E-state index is 12.0. The van der Waals surface area contributed by atoms with Crippen LogP contribution >= 0.6 is 23.2 Å². The number of aryl methyl sites for hydroxylation is 2. The number of amides is 1. The van der Waals surface area contributed by atoms with Crippen molar-refractivity contribution in [1.82, 2.24) is 5.32 Å². The quantitative estimate of drug-likeness (QED) is 0.844. The SMILES string of the molecule is O=C(COc1ccc2c(c1)CCCC2)NCc1ccc(Cl)cc1Cl. The molecule has 24 heavy (non-hydrogen) atoms. The van der Waals surface area contributed by atoms with E-state index in [1.807, 2.05) is 6.07 Å². The van der Waals surface area contributed by atoms with Gasteiger partial charge in [0.15, 0.2) is 6.61 Å². The molecule has 1 N–H and O–H groups in total. The zero-order valence-corrected chi connectivity index (χ0v) is 14.8. The van der Waals surface area contributed by atoms with Gasteiger partial charge in [-0.2, -0.15) is 0 Å². The van der Waals surface area contributed by atoms with Crippen LogP contribution in [0.1, 0.15) is 29.5 Å². The van der Waals surface area contributed by atoms with E-state index < -0.39 is 0 Å². The van der Waals surface area contributed by atoms with E-state index in [9.17, 15) is 4.79 Å². The molecule has 0 heterocycles. The van der Waals surface area contributed by atoms with E-state index in [-0.39, 0.29) is 12.5 Å². The van der Waals surface area contributed by atoms with Crippen LogP contribution in [-0.2, 0) is 24.2 Å². The minimum Gasteiger partial charge on any atom is -0.484 e. The molecule has 0 atom stereocenters. The van der Waals surface area contributed by atoms with Crippen LogP contribution in [0.3, 0.4) is 0 Å². The number of ether oxygens (including phenoxy) is 1. The lowest BCUT2D eigenvalue weighted by atomic mass is 9.92. The molecule has 0 fully saturated rings. The summed E-state index contributed by atoms with van der Waals surface area (Å²) in [4.78, 5) is 12.0. The second-order valence-electron chi connectivity index (χ2n) is 5.94. The Morgan fingerprint density at radius 1 is 1.04 bits per heavy atom. The number of fused-ring (bicyclic) bond motifs is 1. The second kappa shape index (κ2) is 7.91. The van der Waals surface area contributed by atoms with E-state index in [0.29, 0.717) is 16.6 Å². The van der Waals surface area contributed by atoms with Gasteiger partial charge in [-0.05, 0) is 66.6 Å². The van der Waals surface area contributed by atoms with Gasteiger partial charge in [0.05, 0.1) is 0 Å². The summed E-state index contributed by atoms with van der Waals surface area (Å²) >= 11 is 11.9. The van der Waals surface area contributed by atoms with Crippen LogP contribution in [0.5, 0.6) is 5.75 Å². The smallest absolute Gasteiger partial charge is 0.258 e. The van der Waals surface area contributed by atoms with Crippen molar-refractivity contribution in [2.45, 2.75) is 32.2 Å². The molecule has 0 aromatic heterocycles. The average molecular weight is 364 g/mol. The number of rotatable bonds is 5. The predicted molar refractivity (Wildman–Crippen MR) is 96.9 cm³/mol. The Morgan fingerprint density at radius 2 is 1.83 bits per heavy atom. The second-order valence-corrected chi connectivity index (χ2v) is 6.78. The van der Waals surface area contributed by atoms with E-state index in [0.717, 1.165) is 24.2 Å². The Balaban J connectivity index is 1.50. The summed E-state index contributed by atoms with van der Waals surface area (Å²) < 4.78 is 5.61. The monoisotopic (exact) mass is 363 g/mol. The molecular formula is C19H19Cl2NO2. The molecule has 0 radical (unpaired) electrons. The molecular weight excluding hydrogens is 345 g/mol. The molecule has 0 unspecified atom stereocenters. The molecule has 126 valence electrons. The number of benzene rings is 2. The molecule has 0 spiro atoms. The first kappa shape index (κ1) is 17.1. The summed E-state index contributed by atoms with van der Waals surface area (Å²) in [5, 5.41) is 3.92. The highest BCUT2D eigenvalue weighted by Gasteiger charge is 2.11. The molecule has 2 aromatic rings. The van der Waals surface area contributed by atoms with Gasteiger partial charge in [-0.1, -0.05) is 35.3 Å². The van der Waals surface area contributed by atoms with E-state index in [1.165, 1.54) is 24.0 Å². The van der Waals surface area contributed by atoms with Crippen molar-refractivity contribution in [2.75, 3.05) is 6.61 Å². The van der Waals surface area contributed by atoms with Crippen molar-refractivity contribution in [3.8, 4) is 5.75 Å². The Morgan fingerprint density at radius 3 is 2.62 bits per heavy atom. The Hall–Kier alpha value is -1.71. The van der Waals surface area contributed by atoms with Crippen LogP contribution in [0.15, 0.2) is 36.4 Å². The summed E-state index contributed by atoms with van der Waals surface area (Å²) in [6.45, 7) is 0.340. The molecule has 2 aromatic carbocycles. The highest BCUT2D eigenvalue weighted by molar-refractivity contribution is 6.35. The van der Waals surface area contributed by atoms with Gasteiger partial charge < -0.3 is 10.1 Å². The van der Waals surface area contributed by atoms with Crippen molar-refractivity contribution in [3.63, 3.8) is 0 Å². The standard InChI is InChI=1S/C19H19Cl2NO2/c20-16-7-5-15(18(21)10-16)11-22-19(23)12-24-17-8-6-13-3-1-2-4-14(13)9-17/h5-10H,1-4,11-12H2,(H,22,23). The Kier molecular flexibility index (Phi) is 5.64. The van der Waals surface area contributed by atoms with Gasteiger partial charge in [0, 0.05) is 16.6 Å². The fraction of sp³-hybridized carbons (Fsp3) is 0.316. The molecule has 1 aliphatic carbocycles. The van der Waals surface area contributed by atoms with Crippen LogP contribution in [0.4, 0.5) is 0 Å². The molecule has 3 nitrogen and oxygen atoms in total. The van der Waals surface area contributed by atoms with Crippen LogP contribution < -0.4 is 10.1 Å². The highest BCUT2D eigenvalue weighted by Crippen LogP contribution is 2.25. The van der Waals surface area contributed by atoms with Gasteiger partial charge >= 0.3 is 0 Å². The van der Waals surface area contributed by atoms with E-state index in [1.54, 1.807) is 18.2 Å². The maximum atomic E-state index is 12.0. The van der Waals surface area contributed by atoms with Gasteiger partial charge in [-0.15, -0.1) is 0 Å². The zero-order chi connectivity index (χ0) is 16.9. The van der Waals surface area contributed by atoms with Crippen LogP contribution in [0, 0.1) is 0 Å². The first-order valence-electron chi connectivity index (χ1n) is 8.07. The van der Waals surface area contributed by atoms with E-state index in [4.69, 9.17) is 27.9 Å². The van der Waals surface area contributed by atoms with Gasteiger partial charge in [0.1, 0.15) is 5.75 Å². The normalized spacial score (nSPS) is 13.2. The summed E-state index contributed by atoms with van der Waals surface area (Å²) in [6, 6.07) is 11.3. The van der Waals surface area contributed by atoms with Crippen LogP contribution in [-0.4, -0.2) is 12.5 Å². The molecule has 0 saturated heterocycles. The number of hydrogen-bond donors (Lipinski definition) is 1. The zero-order valence-electron chi connectivity index (χ0n) is 13.3. The van der Waals surface area contributed by atoms with E-state index in [2.05, 4.69) is 17.4 Å². The maximum Gasteiger partial charge on any atom is 0.258 e. The van der Waals surface area contributed by atoms with Gasteiger partial charge in [-0.25, -0.2) is 0 Å². The lowest BCUT2D eigenvalue weighted by Gasteiger charge is -2.16. The van der Waals surface area contributed by atoms with Crippen molar-refractivity contribution in [2.24, 2.45) is 0 Å². The molecule has 3 rings (SSSR count). The van der Waals surface area contributed by atoms with E-state index >= 15 is 0 Å². The van der Waals surface area contributed by atoms with Gasteiger partial charge in [0.25, 0.3) is 5.91 Å². The van der Waals surface area contributed by atoms with Crippen LogP contribution in [0.25, 0.3) is 0 Å². The highest BCUT2D eigenvalue weighted by atomic mass is 35.5. The fourth-order valence-corrected chi connectivity index (χ4v) is 3.33. The summed E-state index contributed by atoms with van der Waals surface area (Å²) in [5.74, 6) is 0.564. The number of hydrogen-bond acceptors (Lipinski definition) is 2. The molecule has 1 amide bonds. The molecule has 0 bridgehead atoms. The largest absolute Gasteiger partial charge is 0.484 e. The number of halogens is 2. The van der Waals surface area contributed by atoms with Crippen molar-refractivity contribution >= 4 is 29.1 Å². The molecule has 5 heteroatoms. The average Bonchev–Trinajstić information content (AvgIpc) is 2.59. The third kappa shape index (κ3) is 4.43. The number of nitrogens with one attached hydrogen (secondary N) is 1. The number of carbonyl (C=O) groups excluding carboxylic acids is 1. The lowest BCUT2D eigenvalue weighted by Crippen LogP contribution is -2.28. The van der Waals surface area contributed by atoms with Crippen LogP contribution in [0.2, 0.25) is 10.0 Å². The summed E-state index contributed by atoms with van der Waals surface area (Å²) in [5.41, 5.74) is 3.56. The minimum absolute atomic E-state index is 0.00993. The van der Waals surface area contributed by atoms with Crippen molar-refractivity contribution < 1.29 is 9.53 Å². The lowest BCUT2D eigenvalue weighted by molar-refractivity contribution is -0.123. The molecule has 0 saturated carbocycles. The van der Waals surface area contributed by atoms with Gasteiger partial charge in [0.2, 0.25) is 0 Å². The fourth-order valence-electron chi connectivity index (χ4n) is 2.86. The topological polar surface area (TPSA) is 38.3 Å². The third-order valence-electron chi connectivity index (χ3n) is 4.18. The Bertz CT molecular complexity index is 746. The first-order valence-corrected chi connectivity index (χ1v) is 8.82. The molecule has 0 aliphatic heterocycles. The minimum atomic E-state index is -0.182. The van der Waals surface area contributed by atoms with Gasteiger partial charge in [-0.3, -0.25) is 4.79 Å². The molecule has 1 aliphatic rings. The summed E-state index contributed by atoms with van der Waals surface area (Å²) in [7, 11) is 0. The van der Waals surface area contributed by atoms with Crippen molar-refractivity contribution in [1.29, 1.82) is 0 Å². The summed E-state index contributed by atoms with van der Waals surface area (Å²) in [6.07, 6.45) is 4.70. The third-order valence-corrected chi connectivity index (χ3v) is 4.77. The van der Waals surface area contributed by atoms with Crippen molar-refractivity contribution in [3.05, 3.63) is 63.1 Å². The number of carbonyl (C=O) groups is 1. The first-order chi connectivity index (χ1) is 11.6.